The van der Waals surface area contributed by atoms with Crippen molar-refractivity contribution < 1.29 is 8.78 Å². The second kappa shape index (κ2) is 6.89. The molecule has 2 atom stereocenters. The Morgan fingerprint density at radius 2 is 1.76 bits per heavy atom. The zero-order chi connectivity index (χ0) is 14.1. The van der Waals surface area contributed by atoms with E-state index in [-0.39, 0.29) is 41.5 Å². The summed E-state index contributed by atoms with van der Waals surface area (Å²) < 4.78 is 27.4. The number of hydrogen-bond acceptors (Lipinski definition) is 1. The Hall–Kier alpha value is -0.920. The van der Waals surface area contributed by atoms with Gasteiger partial charge in [0.15, 0.2) is 5.96 Å². The lowest BCUT2D eigenvalue weighted by atomic mass is 10.1. The van der Waals surface area contributed by atoms with E-state index in [1.807, 2.05) is 0 Å². The molecular weight excluding hydrogens is 387 g/mol. The van der Waals surface area contributed by atoms with Crippen LogP contribution in [0.4, 0.5) is 8.78 Å². The van der Waals surface area contributed by atoms with Gasteiger partial charge in [0.05, 0.1) is 6.04 Å². The van der Waals surface area contributed by atoms with Gasteiger partial charge in [-0.1, -0.05) is 6.07 Å². The first-order valence-corrected chi connectivity index (χ1v) is 7.19. The summed E-state index contributed by atoms with van der Waals surface area (Å²) in [5, 5.41) is 0. The number of aliphatic imine (C=N–C) groups is 1. The Kier molecular flexibility index (Phi) is 5.40. The summed E-state index contributed by atoms with van der Waals surface area (Å²) in [6.45, 7) is 1.86. The van der Waals surface area contributed by atoms with Crippen molar-refractivity contribution in [2.75, 3.05) is 13.1 Å². The Morgan fingerprint density at radius 1 is 1.14 bits per heavy atom. The summed E-state index contributed by atoms with van der Waals surface area (Å²) >= 11 is 0. The maximum Gasteiger partial charge on any atom is 0.191 e. The first kappa shape index (κ1) is 16.5. The molecule has 1 aliphatic heterocycles. The van der Waals surface area contributed by atoms with Gasteiger partial charge in [-0.15, -0.1) is 24.0 Å². The van der Waals surface area contributed by atoms with E-state index in [0.717, 1.165) is 25.9 Å². The molecule has 2 N–H and O–H groups in total. The Morgan fingerprint density at radius 3 is 2.38 bits per heavy atom. The highest BCUT2D eigenvalue weighted by Gasteiger charge is 2.42. The van der Waals surface area contributed by atoms with Gasteiger partial charge in [-0.25, -0.2) is 13.8 Å². The number of rotatable bonds is 2. The summed E-state index contributed by atoms with van der Waals surface area (Å²) in [5.74, 6) is -0.609. The van der Waals surface area contributed by atoms with Gasteiger partial charge in [-0.2, -0.15) is 0 Å². The van der Waals surface area contributed by atoms with Crippen LogP contribution in [-0.4, -0.2) is 30.0 Å². The van der Waals surface area contributed by atoms with Crippen LogP contribution in [0.2, 0.25) is 0 Å². The molecule has 0 aromatic heterocycles. The van der Waals surface area contributed by atoms with Gasteiger partial charge >= 0.3 is 0 Å². The van der Waals surface area contributed by atoms with Crippen molar-refractivity contribution in [2.24, 2.45) is 10.7 Å². The lowest BCUT2D eigenvalue weighted by Gasteiger charge is -2.27. The topological polar surface area (TPSA) is 41.6 Å². The smallest absolute Gasteiger partial charge is 0.191 e. The molecule has 1 aromatic carbocycles. The fourth-order valence-electron chi connectivity index (χ4n) is 2.87. The maximum absolute atomic E-state index is 13.7. The van der Waals surface area contributed by atoms with Crippen LogP contribution in [0.25, 0.3) is 0 Å². The number of halogens is 3. The van der Waals surface area contributed by atoms with Crippen molar-refractivity contribution in [1.29, 1.82) is 0 Å². The van der Waals surface area contributed by atoms with Crippen molar-refractivity contribution in [3.8, 4) is 0 Å². The number of hydrogen-bond donors (Lipinski definition) is 1. The van der Waals surface area contributed by atoms with Crippen LogP contribution in [0.5, 0.6) is 0 Å². The molecule has 2 aliphatic rings. The molecule has 0 spiro atoms. The number of benzene rings is 1. The standard InChI is InChI=1S/C15H19F2N3.HI/c16-11-5-4-6-12(17)14(11)10-9-13(10)19-15(18)20-7-2-1-3-8-20;/h4-6,10,13H,1-3,7-9H2,(H2,18,19);1H. The highest BCUT2D eigenvalue weighted by Crippen LogP contribution is 2.45. The van der Waals surface area contributed by atoms with E-state index in [0.29, 0.717) is 12.4 Å². The third-order valence-electron chi connectivity index (χ3n) is 4.11. The molecule has 1 saturated carbocycles. The van der Waals surface area contributed by atoms with E-state index in [1.165, 1.54) is 24.6 Å². The minimum absolute atomic E-state index is 0. The molecular formula is C15H20F2IN3. The largest absolute Gasteiger partial charge is 0.370 e. The summed E-state index contributed by atoms with van der Waals surface area (Å²) in [6.07, 6.45) is 4.17. The van der Waals surface area contributed by atoms with Crippen LogP contribution in [0, 0.1) is 11.6 Å². The molecule has 1 aliphatic carbocycles. The third kappa shape index (κ3) is 3.64. The van der Waals surface area contributed by atoms with Crippen LogP contribution < -0.4 is 5.73 Å². The predicted octanol–water partition coefficient (Wildman–Crippen LogP) is 3.24. The van der Waals surface area contributed by atoms with E-state index in [1.54, 1.807) is 0 Å². The average Bonchev–Trinajstić information content (AvgIpc) is 3.18. The minimum atomic E-state index is -0.482. The zero-order valence-electron chi connectivity index (χ0n) is 11.8. The Bertz CT molecular complexity index is 509. The number of nitrogens with zero attached hydrogens (tertiary/aromatic N) is 2. The van der Waals surface area contributed by atoms with E-state index in [4.69, 9.17) is 5.73 Å². The van der Waals surface area contributed by atoms with Crippen LogP contribution in [-0.2, 0) is 0 Å². The molecule has 116 valence electrons. The lowest BCUT2D eigenvalue weighted by molar-refractivity contribution is 0.338. The predicted molar refractivity (Wildman–Crippen MR) is 90.0 cm³/mol. The van der Waals surface area contributed by atoms with Crippen LogP contribution in [0.1, 0.15) is 37.2 Å². The van der Waals surface area contributed by atoms with Crippen molar-refractivity contribution >= 4 is 29.9 Å². The third-order valence-corrected chi connectivity index (χ3v) is 4.11. The van der Waals surface area contributed by atoms with Crippen molar-refractivity contribution in [3.05, 3.63) is 35.4 Å². The molecule has 3 nitrogen and oxygen atoms in total. The molecule has 1 heterocycles. The number of likely N-dealkylation sites (tertiary alicyclic amines) is 1. The number of nitrogens with two attached hydrogens (primary N) is 1. The second-order valence-corrected chi connectivity index (χ2v) is 5.58. The van der Waals surface area contributed by atoms with E-state index >= 15 is 0 Å². The molecule has 2 fully saturated rings. The van der Waals surface area contributed by atoms with Gasteiger partial charge in [0, 0.05) is 24.6 Å². The molecule has 0 bridgehead atoms. The molecule has 6 heteroatoms. The van der Waals surface area contributed by atoms with Gasteiger partial charge in [0.1, 0.15) is 11.6 Å². The lowest BCUT2D eigenvalue weighted by Crippen LogP contribution is -2.41. The van der Waals surface area contributed by atoms with Gasteiger partial charge in [-0.3, -0.25) is 0 Å². The van der Waals surface area contributed by atoms with Gasteiger partial charge in [0.2, 0.25) is 0 Å². The fraction of sp³-hybridized carbons (Fsp3) is 0.533. The van der Waals surface area contributed by atoms with Crippen LogP contribution >= 0.6 is 24.0 Å². The first-order chi connectivity index (χ1) is 9.66. The summed E-state index contributed by atoms with van der Waals surface area (Å²) in [7, 11) is 0. The SMILES string of the molecule is I.NC(=NC1CC1c1c(F)cccc1F)N1CCCCC1. The second-order valence-electron chi connectivity index (χ2n) is 5.58. The fourth-order valence-corrected chi connectivity index (χ4v) is 2.87. The van der Waals surface area contributed by atoms with Gasteiger partial charge in [0.25, 0.3) is 0 Å². The van der Waals surface area contributed by atoms with E-state index < -0.39 is 11.6 Å². The zero-order valence-corrected chi connectivity index (χ0v) is 14.1. The van der Waals surface area contributed by atoms with E-state index in [9.17, 15) is 8.78 Å². The normalized spacial score (nSPS) is 25.4. The van der Waals surface area contributed by atoms with Gasteiger partial charge < -0.3 is 10.6 Å². The van der Waals surface area contributed by atoms with E-state index in [2.05, 4.69) is 9.89 Å². The van der Waals surface area contributed by atoms with Crippen LogP contribution in [0.15, 0.2) is 23.2 Å². The monoisotopic (exact) mass is 407 g/mol. The summed E-state index contributed by atoms with van der Waals surface area (Å²) in [6, 6.07) is 3.90. The van der Waals surface area contributed by atoms with Gasteiger partial charge in [-0.05, 0) is 37.8 Å². The molecule has 21 heavy (non-hydrogen) atoms. The average molecular weight is 407 g/mol. The van der Waals surface area contributed by atoms with Crippen molar-refractivity contribution in [3.63, 3.8) is 0 Å². The Balaban J connectivity index is 0.00000161. The highest BCUT2D eigenvalue weighted by atomic mass is 127. The quantitative estimate of drug-likeness (QED) is 0.465. The summed E-state index contributed by atoms with van der Waals surface area (Å²) in [4.78, 5) is 6.51. The Labute approximate surface area is 140 Å². The van der Waals surface area contributed by atoms with Crippen LogP contribution in [0.3, 0.4) is 0 Å². The number of guanidine groups is 1. The molecule has 0 amide bonds. The maximum atomic E-state index is 13.7. The molecule has 3 rings (SSSR count). The molecule has 0 radical (unpaired) electrons. The molecule has 1 saturated heterocycles. The molecule has 2 unspecified atom stereocenters. The minimum Gasteiger partial charge on any atom is -0.370 e. The highest BCUT2D eigenvalue weighted by molar-refractivity contribution is 14.0. The van der Waals surface area contributed by atoms with Crippen molar-refractivity contribution in [2.45, 2.75) is 37.6 Å². The van der Waals surface area contributed by atoms with Crippen molar-refractivity contribution in [1.82, 2.24) is 4.90 Å². The summed E-state index contributed by atoms with van der Waals surface area (Å²) in [5.41, 5.74) is 6.15. The molecule has 1 aromatic rings. The number of piperidine rings is 1. The first-order valence-electron chi connectivity index (χ1n) is 7.19.